The minimum absolute atomic E-state index is 0.0129. The summed E-state index contributed by atoms with van der Waals surface area (Å²) in [6, 6.07) is 7.04. The maximum Gasteiger partial charge on any atom is 0.224 e. The molecule has 0 aliphatic carbocycles. The van der Waals surface area contributed by atoms with E-state index in [0.717, 1.165) is 0 Å². The van der Waals surface area contributed by atoms with Crippen molar-refractivity contribution in [2.45, 2.75) is 13.3 Å². The number of benzene rings is 1. The van der Waals surface area contributed by atoms with Gasteiger partial charge in [-0.25, -0.2) is 0 Å². The summed E-state index contributed by atoms with van der Waals surface area (Å²) >= 11 is 0. The summed E-state index contributed by atoms with van der Waals surface area (Å²) in [4.78, 5) is 11.2. The van der Waals surface area contributed by atoms with Crippen molar-refractivity contribution in [3.05, 3.63) is 24.3 Å². The van der Waals surface area contributed by atoms with Gasteiger partial charge in [-0.2, -0.15) is 0 Å². The molecule has 0 saturated heterocycles. The molecule has 0 saturated carbocycles. The van der Waals surface area contributed by atoms with Crippen LogP contribution in [0.2, 0.25) is 0 Å². The van der Waals surface area contributed by atoms with Crippen LogP contribution in [-0.2, 0) is 4.79 Å². The van der Waals surface area contributed by atoms with Gasteiger partial charge in [0.05, 0.1) is 5.69 Å². The number of carbonyl (C=O) groups excluding carboxylic acids is 1. The zero-order valence-corrected chi connectivity index (χ0v) is 9.12. The lowest BCUT2D eigenvalue weighted by Crippen LogP contribution is -2.20. The predicted molar refractivity (Wildman–Crippen MR) is 62.8 cm³/mol. The van der Waals surface area contributed by atoms with E-state index in [0.29, 0.717) is 17.9 Å². The van der Waals surface area contributed by atoms with Crippen LogP contribution in [0.3, 0.4) is 0 Å². The molecule has 0 heterocycles. The van der Waals surface area contributed by atoms with Crippen molar-refractivity contribution >= 4 is 17.4 Å². The molecule has 86 valence electrons. The molecule has 5 nitrogen and oxygen atoms in total. The van der Waals surface area contributed by atoms with Crippen LogP contribution >= 0.6 is 0 Å². The van der Waals surface area contributed by atoms with Gasteiger partial charge in [-0.3, -0.25) is 10.2 Å². The second-order valence-corrected chi connectivity index (χ2v) is 3.21. The van der Waals surface area contributed by atoms with E-state index in [-0.39, 0.29) is 18.3 Å². The molecule has 0 aromatic heterocycles. The molecular formula is C11H15N3O2. The van der Waals surface area contributed by atoms with Crippen molar-refractivity contribution in [2.75, 3.05) is 11.9 Å². The summed E-state index contributed by atoms with van der Waals surface area (Å²) < 4.78 is 5.28. The largest absolute Gasteiger partial charge is 0.484 e. The van der Waals surface area contributed by atoms with Crippen LogP contribution in [0, 0.1) is 5.41 Å². The third-order valence-electron chi connectivity index (χ3n) is 1.87. The van der Waals surface area contributed by atoms with Crippen molar-refractivity contribution in [3.8, 4) is 5.75 Å². The molecule has 4 N–H and O–H groups in total. The van der Waals surface area contributed by atoms with E-state index in [1.165, 1.54) is 0 Å². The molecule has 0 spiro atoms. The van der Waals surface area contributed by atoms with Crippen molar-refractivity contribution < 1.29 is 9.53 Å². The van der Waals surface area contributed by atoms with Crippen molar-refractivity contribution in [1.29, 1.82) is 5.41 Å². The average molecular weight is 221 g/mol. The molecular weight excluding hydrogens is 206 g/mol. The fourth-order valence-corrected chi connectivity index (χ4v) is 1.09. The lowest BCUT2D eigenvalue weighted by Gasteiger charge is -2.11. The number of carbonyl (C=O) groups is 1. The molecule has 0 atom stereocenters. The van der Waals surface area contributed by atoms with Crippen LogP contribution in [-0.4, -0.2) is 18.3 Å². The van der Waals surface area contributed by atoms with Gasteiger partial charge in [0.2, 0.25) is 5.91 Å². The Morgan fingerprint density at radius 2 is 2.19 bits per heavy atom. The SMILES string of the molecule is CCC(=O)Nc1ccccc1OCC(=N)N. The van der Waals surface area contributed by atoms with E-state index in [2.05, 4.69) is 5.32 Å². The number of anilines is 1. The summed E-state index contributed by atoms with van der Waals surface area (Å²) in [6.45, 7) is 1.79. The van der Waals surface area contributed by atoms with Gasteiger partial charge in [-0.1, -0.05) is 19.1 Å². The monoisotopic (exact) mass is 221 g/mol. The van der Waals surface area contributed by atoms with E-state index in [9.17, 15) is 4.79 Å². The second-order valence-electron chi connectivity index (χ2n) is 3.21. The molecule has 0 aliphatic rings. The summed E-state index contributed by atoms with van der Waals surface area (Å²) in [6.07, 6.45) is 0.404. The van der Waals surface area contributed by atoms with Crippen LogP contribution < -0.4 is 15.8 Å². The topological polar surface area (TPSA) is 88.2 Å². The zero-order chi connectivity index (χ0) is 12.0. The van der Waals surface area contributed by atoms with Gasteiger partial charge in [-0.05, 0) is 12.1 Å². The van der Waals surface area contributed by atoms with Crippen LogP contribution in [0.5, 0.6) is 5.75 Å². The number of para-hydroxylation sites is 2. The van der Waals surface area contributed by atoms with Gasteiger partial charge in [0, 0.05) is 6.42 Å². The smallest absolute Gasteiger partial charge is 0.224 e. The van der Waals surface area contributed by atoms with Crippen LogP contribution in [0.15, 0.2) is 24.3 Å². The number of rotatable bonds is 5. The molecule has 0 aliphatic heterocycles. The lowest BCUT2D eigenvalue weighted by atomic mass is 10.3. The van der Waals surface area contributed by atoms with Gasteiger partial charge < -0.3 is 15.8 Å². The first kappa shape index (κ1) is 12.0. The second kappa shape index (κ2) is 5.75. The number of ether oxygens (including phenoxy) is 1. The van der Waals surface area contributed by atoms with Crippen LogP contribution in [0.25, 0.3) is 0 Å². The van der Waals surface area contributed by atoms with Crippen LogP contribution in [0.4, 0.5) is 5.69 Å². The van der Waals surface area contributed by atoms with E-state index < -0.39 is 0 Å². The zero-order valence-electron chi connectivity index (χ0n) is 9.12. The number of amides is 1. The Kier molecular flexibility index (Phi) is 4.32. The molecule has 1 rings (SSSR count). The first-order valence-corrected chi connectivity index (χ1v) is 4.98. The normalized spacial score (nSPS) is 9.56. The highest BCUT2D eigenvalue weighted by Gasteiger charge is 2.05. The van der Waals surface area contributed by atoms with E-state index >= 15 is 0 Å². The van der Waals surface area contributed by atoms with Gasteiger partial charge >= 0.3 is 0 Å². The Bertz CT molecular complexity index is 391. The Balaban J connectivity index is 2.74. The Labute approximate surface area is 94.1 Å². The molecule has 0 fully saturated rings. The Hall–Kier alpha value is -2.04. The standard InChI is InChI=1S/C11H15N3O2/c1-2-11(15)14-8-5-3-4-6-9(8)16-7-10(12)13/h3-6H,2,7H2,1H3,(H3,12,13)(H,14,15). The van der Waals surface area contributed by atoms with E-state index in [1.54, 1.807) is 31.2 Å². The third kappa shape index (κ3) is 3.61. The summed E-state index contributed by atoms with van der Waals surface area (Å²) in [5.74, 6) is 0.370. The Morgan fingerprint density at radius 1 is 1.50 bits per heavy atom. The number of hydrogen-bond acceptors (Lipinski definition) is 3. The van der Waals surface area contributed by atoms with Crippen LogP contribution in [0.1, 0.15) is 13.3 Å². The maximum atomic E-state index is 11.2. The quantitative estimate of drug-likeness (QED) is 0.518. The molecule has 1 amide bonds. The lowest BCUT2D eigenvalue weighted by molar-refractivity contribution is -0.115. The molecule has 1 aromatic carbocycles. The molecule has 16 heavy (non-hydrogen) atoms. The number of amidine groups is 1. The molecule has 5 heteroatoms. The fourth-order valence-electron chi connectivity index (χ4n) is 1.09. The molecule has 0 radical (unpaired) electrons. The third-order valence-corrected chi connectivity index (χ3v) is 1.87. The number of nitrogens with one attached hydrogen (secondary N) is 2. The first-order chi connectivity index (χ1) is 7.63. The summed E-state index contributed by atoms with van der Waals surface area (Å²) in [7, 11) is 0. The highest BCUT2D eigenvalue weighted by atomic mass is 16.5. The van der Waals surface area contributed by atoms with Crippen molar-refractivity contribution in [1.82, 2.24) is 0 Å². The highest BCUT2D eigenvalue weighted by molar-refractivity contribution is 5.92. The summed E-state index contributed by atoms with van der Waals surface area (Å²) in [5.41, 5.74) is 5.78. The van der Waals surface area contributed by atoms with Gasteiger partial charge in [0.25, 0.3) is 0 Å². The molecule has 1 aromatic rings. The highest BCUT2D eigenvalue weighted by Crippen LogP contribution is 2.23. The van der Waals surface area contributed by atoms with E-state index in [1.807, 2.05) is 0 Å². The first-order valence-electron chi connectivity index (χ1n) is 4.98. The predicted octanol–water partition coefficient (Wildman–Crippen LogP) is 1.35. The van der Waals surface area contributed by atoms with Gasteiger partial charge in [-0.15, -0.1) is 0 Å². The fraction of sp³-hybridized carbons (Fsp3) is 0.273. The number of nitrogens with two attached hydrogens (primary N) is 1. The molecule has 0 bridgehead atoms. The van der Waals surface area contributed by atoms with Gasteiger partial charge in [0.15, 0.2) is 0 Å². The minimum Gasteiger partial charge on any atom is -0.484 e. The average Bonchev–Trinajstić information content (AvgIpc) is 2.27. The van der Waals surface area contributed by atoms with Crippen molar-refractivity contribution in [3.63, 3.8) is 0 Å². The molecule has 0 unspecified atom stereocenters. The van der Waals surface area contributed by atoms with E-state index in [4.69, 9.17) is 15.9 Å². The minimum atomic E-state index is -0.0844. The number of hydrogen-bond donors (Lipinski definition) is 3. The van der Waals surface area contributed by atoms with Gasteiger partial charge in [0.1, 0.15) is 18.2 Å². The van der Waals surface area contributed by atoms with Crippen molar-refractivity contribution in [2.24, 2.45) is 5.73 Å². The summed E-state index contributed by atoms with van der Waals surface area (Å²) in [5, 5.41) is 9.77. The maximum absolute atomic E-state index is 11.2. The Morgan fingerprint density at radius 3 is 2.81 bits per heavy atom.